The Hall–Kier alpha value is -2.21. The Balaban J connectivity index is 1.76. The van der Waals surface area contributed by atoms with Crippen molar-refractivity contribution in [2.45, 2.75) is 18.6 Å². The highest BCUT2D eigenvalue weighted by atomic mass is 32.2. The topological polar surface area (TPSA) is 79.5 Å². The van der Waals surface area contributed by atoms with Gasteiger partial charge in [-0.3, -0.25) is 4.79 Å². The van der Waals surface area contributed by atoms with E-state index in [9.17, 15) is 9.59 Å². The third-order valence-corrected chi connectivity index (χ3v) is 3.66. The van der Waals surface area contributed by atoms with Crippen molar-refractivity contribution in [2.24, 2.45) is 0 Å². The zero-order chi connectivity index (χ0) is 15.2. The SMILES string of the molecule is Cc1ccc(CNC(=O)CSc2ccc(C(=O)O)o2)cc1. The third kappa shape index (κ3) is 4.68. The number of benzene rings is 1. The van der Waals surface area contributed by atoms with E-state index >= 15 is 0 Å². The molecule has 2 N–H and O–H groups in total. The van der Waals surface area contributed by atoms with Crippen LogP contribution in [0.2, 0.25) is 0 Å². The summed E-state index contributed by atoms with van der Waals surface area (Å²) >= 11 is 1.16. The normalized spacial score (nSPS) is 10.3. The highest BCUT2D eigenvalue weighted by molar-refractivity contribution is 7.99. The number of furan rings is 1. The second kappa shape index (κ2) is 6.99. The summed E-state index contributed by atoms with van der Waals surface area (Å²) < 4.78 is 5.05. The van der Waals surface area contributed by atoms with E-state index in [2.05, 4.69) is 5.32 Å². The van der Waals surface area contributed by atoms with Gasteiger partial charge in [-0.2, -0.15) is 0 Å². The van der Waals surface area contributed by atoms with Gasteiger partial charge in [-0.1, -0.05) is 41.6 Å². The average molecular weight is 305 g/mol. The van der Waals surface area contributed by atoms with Crippen molar-refractivity contribution in [2.75, 3.05) is 5.75 Å². The van der Waals surface area contributed by atoms with Crippen molar-refractivity contribution >= 4 is 23.6 Å². The number of aromatic carboxylic acids is 1. The lowest BCUT2D eigenvalue weighted by molar-refractivity contribution is -0.118. The zero-order valence-corrected chi connectivity index (χ0v) is 12.3. The third-order valence-electron chi connectivity index (χ3n) is 2.75. The summed E-state index contributed by atoms with van der Waals surface area (Å²) in [5.41, 5.74) is 2.21. The first-order chi connectivity index (χ1) is 10.0. The minimum absolute atomic E-state index is 0.127. The number of thioether (sulfide) groups is 1. The van der Waals surface area contributed by atoms with Crippen LogP contribution in [-0.4, -0.2) is 22.7 Å². The molecule has 0 atom stereocenters. The largest absolute Gasteiger partial charge is 0.475 e. The lowest BCUT2D eigenvalue weighted by Crippen LogP contribution is -2.24. The standard InChI is InChI=1S/C15H15NO4S/c1-10-2-4-11(5-3-10)8-16-13(17)9-21-14-7-6-12(20-14)15(18)19/h2-7H,8-9H2,1H3,(H,16,17)(H,18,19). The molecular weight excluding hydrogens is 290 g/mol. The monoisotopic (exact) mass is 305 g/mol. The Morgan fingerprint density at radius 3 is 2.52 bits per heavy atom. The first-order valence-corrected chi connectivity index (χ1v) is 7.31. The summed E-state index contributed by atoms with van der Waals surface area (Å²) in [6.45, 7) is 2.48. The van der Waals surface area contributed by atoms with Gasteiger partial charge in [0, 0.05) is 6.54 Å². The summed E-state index contributed by atoms with van der Waals surface area (Å²) in [5.74, 6) is -1.20. The van der Waals surface area contributed by atoms with Crippen molar-refractivity contribution in [1.29, 1.82) is 0 Å². The Morgan fingerprint density at radius 1 is 1.19 bits per heavy atom. The summed E-state index contributed by atoms with van der Waals surface area (Å²) in [4.78, 5) is 22.4. The van der Waals surface area contributed by atoms with Crippen LogP contribution in [0, 0.1) is 6.92 Å². The molecule has 0 unspecified atom stereocenters. The zero-order valence-electron chi connectivity index (χ0n) is 11.5. The highest BCUT2D eigenvalue weighted by Crippen LogP contribution is 2.20. The van der Waals surface area contributed by atoms with E-state index in [4.69, 9.17) is 9.52 Å². The molecule has 2 rings (SSSR count). The average Bonchev–Trinajstić information content (AvgIpc) is 2.93. The maximum atomic E-state index is 11.7. The molecule has 21 heavy (non-hydrogen) atoms. The molecule has 0 saturated carbocycles. The summed E-state index contributed by atoms with van der Waals surface area (Å²) in [6.07, 6.45) is 0. The van der Waals surface area contributed by atoms with E-state index in [1.54, 1.807) is 6.07 Å². The van der Waals surface area contributed by atoms with Crippen LogP contribution in [0.15, 0.2) is 45.9 Å². The number of rotatable bonds is 6. The Morgan fingerprint density at radius 2 is 1.90 bits per heavy atom. The molecule has 0 aliphatic heterocycles. The molecule has 0 aliphatic carbocycles. The number of hydrogen-bond acceptors (Lipinski definition) is 4. The molecule has 1 heterocycles. The molecule has 0 aliphatic rings. The van der Waals surface area contributed by atoms with Crippen molar-refractivity contribution < 1.29 is 19.1 Å². The summed E-state index contributed by atoms with van der Waals surface area (Å²) in [7, 11) is 0. The molecule has 6 heteroatoms. The van der Waals surface area contributed by atoms with Crippen LogP contribution in [0.25, 0.3) is 0 Å². The molecule has 1 amide bonds. The predicted octanol–water partition coefficient (Wildman–Crippen LogP) is 2.69. The second-order valence-corrected chi connectivity index (χ2v) is 5.45. The molecular formula is C15H15NO4S. The fourth-order valence-electron chi connectivity index (χ4n) is 1.61. The lowest BCUT2D eigenvalue weighted by Gasteiger charge is -2.05. The second-order valence-electron chi connectivity index (χ2n) is 4.47. The minimum Gasteiger partial charge on any atom is -0.475 e. The summed E-state index contributed by atoms with van der Waals surface area (Å²) in [6, 6.07) is 10.8. The number of carboxylic acids is 1. The van der Waals surface area contributed by atoms with Crippen molar-refractivity contribution in [1.82, 2.24) is 5.32 Å². The number of carbonyl (C=O) groups excluding carboxylic acids is 1. The fraction of sp³-hybridized carbons (Fsp3) is 0.200. The molecule has 0 radical (unpaired) electrons. The minimum atomic E-state index is -1.12. The number of aryl methyl sites for hydroxylation is 1. The number of carbonyl (C=O) groups is 2. The van der Waals surface area contributed by atoms with E-state index in [1.165, 1.54) is 11.6 Å². The summed E-state index contributed by atoms with van der Waals surface area (Å²) in [5, 5.41) is 11.9. The van der Waals surface area contributed by atoms with E-state index in [0.29, 0.717) is 11.6 Å². The predicted molar refractivity (Wildman–Crippen MR) is 79.4 cm³/mol. The van der Waals surface area contributed by atoms with Crippen LogP contribution in [0.1, 0.15) is 21.7 Å². The van der Waals surface area contributed by atoms with Crippen molar-refractivity contribution in [3.8, 4) is 0 Å². The van der Waals surface area contributed by atoms with E-state index in [1.807, 2.05) is 31.2 Å². The maximum Gasteiger partial charge on any atom is 0.371 e. The number of nitrogens with one attached hydrogen (secondary N) is 1. The first-order valence-electron chi connectivity index (χ1n) is 6.33. The maximum absolute atomic E-state index is 11.7. The van der Waals surface area contributed by atoms with Crippen LogP contribution >= 0.6 is 11.8 Å². The number of carboxylic acid groups (broad SMARTS) is 1. The molecule has 0 saturated heterocycles. The molecule has 0 fully saturated rings. The van der Waals surface area contributed by atoms with Gasteiger partial charge in [0.2, 0.25) is 11.7 Å². The Kier molecular flexibility index (Phi) is 5.05. The molecule has 0 bridgehead atoms. The molecule has 110 valence electrons. The quantitative estimate of drug-likeness (QED) is 0.802. The van der Waals surface area contributed by atoms with Gasteiger partial charge in [0.1, 0.15) is 0 Å². The van der Waals surface area contributed by atoms with Crippen LogP contribution in [-0.2, 0) is 11.3 Å². The van der Waals surface area contributed by atoms with Gasteiger partial charge in [0.15, 0.2) is 5.09 Å². The Labute approximate surface area is 126 Å². The lowest BCUT2D eigenvalue weighted by atomic mass is 10.1. The van der Waals surface area contributed by atoms with Crippen molar-refractivity contribution in [3.63, 3.8) is 0 Å². The van der Waals surface area contributed by atoms with E-state index < -0.39 is 5.97 Å². The van der Waals surface area contributed by atoms with Gasteiger partial charge in [0.25, 0.3) is 0 Å². The molecule has 2 aromatic rings. The van der Waals surface area contributed by atoms with Gasteiger partial charge in [-0.15, -0.1) is 0 Å². The van der Waals surface area contributed by atoms with Gasteiger partial charge in [0.05, 0.1) is 5.75 Å². The molecule has 5 nitrogen and oxygen atoms in total. The smallest absolute Gasteiger partial charge is 0.371 e. The highest BCUT2D eigenvalue weighted by Gasteiger charge is 2.10. The molecule has 1 aromatic carbocycles. The van der Waals surface area contributed by atoms with Crippen molar-refractivity contribution in [3.05, 3.63) is 53.3 Å². The Bertz CT molecular complexity index is 633. The fourth-order valence-corrected chi connectivity index (χ4v) is 2.30. The molecule has 0 spiro atoms. The van der Waals surface area contributed by atoms with Gasteiger partial charge in [-0.05, 0) is 24.6 Å². The van der Waals surface area contributed by atoms with E-state index in [-0.39, 0.29) is 17.4 Å². The number of hydrogen-bond donors (Lipinski definition) is 2. The molecule has 1 aromatic heterocycles. The van der Waals surface area contributed by atoms with Crippen LogP contribution in [0.4, 0.5) is 0 Å². The van der Waals surface area contributed by atoms with Crippen LogP contribution in [0.3, 0.4) is 0 Å². The van der Waals surface area contributed by atoms with Crippen LogP contribution < -0.4 is 5.32 Å². The first kappa shape index (κ1) is 15.2. The van der Waals surface area contributed by atoms with Gasteiger partial charge < -0.3 is 14.8 Å². The van der Waals surface area contributed by atoms with Gasteiger partial charge >= 0.3 is 5.97 Å². The van der Waals surface area contributed by atoms with E-state index in [0.717, 1.165) is 17.3 Å². The van der Waals surface area contributed by atoms with Gasteiger partial charge in [-0.25, -0.2) is 4.79 Å². The van der Waals surface area contributed by atoms with Crippen LogP contribution in [0.5, 0.6) is 0 Å². The number of amides is 1.